The fraction of sp³-hybridized carbons (Fsp3) is 0.529. The van der Waals surface area contributed by atoms with Crippen molar-refractivity contribution in [1.29, 1.82) is 5.26 Å². The van der Waals surface area contributed by atoms with Gasteiger partial charge in [-0.3, -0.25) is 9.58 Å². The van der Waals surface area contributed by atoms with Crippen LogP contribution in [0.1, 0.15) is 58.1 Å². The zero-order valence-corrected chi connectivity index (χ0v) is 28.0. The Labute approximate surface area is 281 Å². The molecular weight excluding hydrogens is 612 g/mol. The number of hydrogen-bond donors (Lipinski definition) is 1. The Bertz CT molecular complexity index is 1640. The van der Waals surface area contributed by atoms with Gasteiger partial charge < -0.3 is 24.3 Å². The Balaban J connectivity index is 1.12. The summed E-state index contributed by atoms with van der Waals surface area (Å²) in [5.41, 5.74) is 2.76. The lowest BCUT2D eigenvalue weighted by Crippen LogP contribution is -2.51. The van der Waals surface area contributed by atoms with Crippen molar-refractivity contribution in [2.24, 2.45) is 0 Å². The number of nitrogens with one attached hydrogen (secondary N) is 1. The van der Waals surface area contributed by atoms with Crippen LogP contribution in [0.5, 0.6) is 11.6 Å². The second kappa shape index (κ2) is 15.5. The van der Waals surface area contributed by atoms with Crippen molar-refractivity contribution < 1.29 is 18.9 Å². The third-order valence-electron chi connectivity index (χ3n) is 8.80. The first-order valence-electron chi connectivity index (χ1n) is 16.6. The van der Waals surface area contributed by atoms with E-state index in [-0.39, 0.29) is 24.4 Å². The van der Waals surface area contributed by atoms with Crippen molar-refractivity contribution in [3.63, 3.8) is 0 Å². The first-order chi connectivity index (χ1) is 23.4. The van der Waals surface area contributed by atoms with Gasteiger partial charge in [0.15, 0.2) is 0 Å². The Morgan fingerprint density at radius 3 is 2.48 bits per heavy atom. The van der Waals surface area contributed by atoms with E-state index < -0.39 is 0 Å². The zero-order valence-electron chi connectivity index (χ0n) is 28.0. The van der Waals surface area contributed by atoms with Crippen LogP contribution in [0.2, 0.25) is 0 Å². The second-order valence-corrected chi connectivity index (χ2v) is 12.6. The van der Waals surface area contributed by atoms with Crippen molar-refractivity contribution in [2.45, 2.75) is 83.4 Å². The number of hydrogen-bond acceptors (Lipinski definition) is 12. The van der Waals surface area contributed by atoms with Crippen LogP contribution in [0.4, 0.5) is 11.6 Å². The van der Waals surface area contributed by atoms with Gasteiger partial charge in [0.1, 0.15) is 42.9 Å². The van der Waals surface area contributed by atoms with E-state index in [0.717, 1.165) is 49.9 Å². The molecule has 14 heteroatoms. The first-order valence-corrected chi connectivity index (χ1v) is 16.6. The molecular formula is C34H44N10O4. The van der Waals surface area contributed by atoms with E-state index in [2.05, 4.69) is 50.2 Å². The standard InChI is InChI=1S/C34H44N10O4/c1-23-17-42(18-24(2)47-23)29-7-9-30(10-8-29)44-20-31(33(41-44)46-12-11-45-4)40-34-37-15-28(16-38-34)26-5-6-27(14-35)32(13-26)48-25(3)19-43-22-36-21-39-43/h5-6,13,15-16,20-25,29-30H,7-12,17-19H2,1-4H3,(H,37,38,40)/t23-,24+,25-,29?,30?/m0/s1. The summed E-state index contributed by atoms with van der Waals surface area (Å²) < 4.78 is 27.0. The molecule has 0 radical (unpaired) electrons. The molecule has 4 heterocycles. The highest BCUT2D eigenvalue weighted by molar-refractivity contribution is 5.67. The molecule has 2 fully saturated rings. The molecule has 6 rings (SSSR count). The SMILES string of the molecule is COCCOc1nn(C2CCC(N3C[C@@H](C)O[C@@H](C)C3)CC2)cc1Nc1ncc(-c2ccc(C#N)c(O[C@@H](C)Cn3cncn3)c2)cn1. The maximum Gasteiger partial charge on any atom is 0.257 e. The quantitative estimate of drug-likeness (QED) is 0.200. The summed E-state index contributed by atoms with van der Waals surface area (Å²) in [7, 11) is 1.65. The summed E-state index contributed by atoms with van der Waals surface area (Å²) in [6.07, 6.45) is 13.2. The number of rotatable bonds is 13. The van der Waals surface area contributed by atoms with Gasteiger partial charge in [-0.15, -0.1) is 5.10 Å². The molecule has 3 atom stereocenters. The molecule has 14 nitrogen and oxygen atoms in total. The van der Waals surface area contributed by atoms with Crippen LogP contribution < -0.4 is 14.8 Å². The molecule has 48 heavy (non-hydrogen) atoms. The first kappa shape index (κ1) is 33.3. The van der Waals surface area contributed by atoms with Gasteiger partial charge in [-0.25, -0.2) is 19.6 Å². The molecule has 1 aliphatic carbocycles. The van der Waals surface area contributed by atoms with Gasteiger partial charge in [-0.05, 0) is 64.2 Å². The monoisotopic (exact) mass is 656 g/mol. The molecule has 0 bridgehead atoms. The van der Waals surface area contributed by atoms with E-state index >= 15 is 0 Å². The molecule has 1 saturated carbocycles. The number of ether oxygens (including phenoxy) is 4. The number of anilines is 2. The summed E-state index contributed by atoms with van der Waals surface area (Å²) in [5.74, 6) is 1.39. The largest absolute Gasteiger partial charge is 0.487 e. The Morgan fingerprint density at radius 1 is 1.04 bits per heavy atom. The summed E-state index contributed by atoms with van der Waals surface area (Å²) in [4.78, 5) is 15.8. The van der Waals surface area contributed by atoms with Gasteiger partial charge in [0.2, 0.25) is 5.95 Å². The van der Waals surface area contributed by atoms with E-state index in [9.17, 15) is 5.26 Å². The van der Waals surface area contributed by atoms with Crippen LogP contribution in [0.15, 0.2) is 49.4 Å². The third kappa shape index (κ3) is 8.28. The third-order valence-corrected chi connectivity index (χ3v) is 8.80. The number of nitriles is 1. The number of aromatic nitrogens is 7. The average Bonchev–Trinajstić information content (AvgIpc) is 3.75. The minimum Gasteiger partial charge on any atom is -0.487 e. The lowest BCUT2D eigenvalue weighted by atomic mass is 9.89. The molecule has 0 unspecified atom stereocenters. The van der Waals surface area contributed by atoms with Crippen LogP contribution in [-0.2, 0) is 16.0 Å². The molecule has 1 N–H and O–H groups in total. The summed E-state index contributed by atoms with van der Waals surface area (Å²) in [6.45, 7) is 9.58. The fourth-order valence-electron chi connectivity index (χ4n) is 6.58. The Kier molecular flexibility index (Phi) is 10.8. The highest BCUT2D eigenvalue weighted by atomic mass is 16.5. The lowest BCUT2D eigenvalue weighted by Gasteiger charge is -2.42. The normalized spacial score (nSPS) is 22.1. The van der Waals surface area contributed by atoms with E-state index in [4.69, 9.17) is 24.0 Å². The van der Waals surface area contributed by atoms with Gasteiger partial charge in [0, 0.05) is 44.2 Å². The minimum atomic E-state index is -0.231. The number of nitrogens with zero attached hydrogens (tertiary/aromatic N) is 9. The van der Waals surface area contributed by atoms with Crippen LogP contribution in [-0.4, -0.2) is 97.2 Å². The van der Waals surface area contributed by atoms with Crippen molar-refractivity contribution in [2.75, 3.05) is 38.7 Å². The van der Waals surface area contributed by atoms with E-state index in [1.807, 2.05) is 29.9 Å². The molecule has 1 saturated heterocycles. The number of morpholine rings is 1. The van der Waals surface area contributed by atoms with Crippen molar-refractivity contribution in [1.82, 2.24) is 39.4 Å². The maximum absolute atomic E-state index is 9.66. The lowest BCUT2D eigenvalue weighted by molar-refractivity contribution is -0.0852. The van der Waals surface area contributed by atoms with Crippen molar-refractivity contribution >= 4 is 11.6 Å². The predicted octanol–water partition coefficient (Wildman–Crippen LogP) is 4.63. The molecule has 1 aliphatic heterocycles. The molecule has 2 aliphatic rings. The molecule has 254 valence electrons. The van der Waals surface area contributed by atoms with Gasteiger partial charge in [0.25, 0.3) is 5.88 Å². The van der Waals surface area contributed by atoms with Crippen LogP contribution in [0, 0.1) is 11.3 Å². The topological polar surface area (TPSA) is 150 Å². The fourth-order valence-corrected chi connectivity index (χ4v) is 6.58. The number of benzene rings is 1. The molecule has 4 aromatic rings. The van der Waals surface area contributed by atoms with E-state index in [0.29, 0.717) is 54.6 Å². The zero-order chi connectivity index (χ0) is 33.5. The van der Waals surface area contributed by atoms with Crippen molar-refractivity contribution in [3.05, 3.63) is 55.0 Å². The molecule has 0 spiro atoms. The highest BCUT2D eigenvalue weighted by Gasteiger charge is 2.32. The van der Waals surface area contributed by atoms with Gasteiger partial charge >= 0.3 is 0 Å². The maximum atomic E-state index is 9.66. The van der Waals surface area contributed by atoms with E-state index in [1.54, 1.807) is 36.6 Å². The molecule has 3 aromatic heterocycles. The van der Waals surface area contributed by atoms with Crippen LogP contribution >= 0.6 is 0 Å². The summed E-state index contributed by atoms with van der Waals surface area (Å²) in [5, 5.41) is 21.9. The Morgan fingerprint density at radius 2 is 1.79 bits per heavy atom. The van der Waals surface area contributed by atoms with Crippen molar-refractivity contribution in [3.8, 4) is 28.8 Å². The average molecular weight is 657 g/mol. The van der Waals surface area contributed by atoms with E-state index in [1.165, 1.54) is 6.33 Å². The van der Waals surface area contributed by atoms with Crippen LogP contribution in [0.3, 0.4) is 0 Å². The molecule has 1 aromatic carbocycles. The van der Waals surface area contributed by atoms with Crippen LogP contribution in [0.25, 0.3) is 11.1 Å². The Hall–Kier alpha value is -4.58. The second-order valence-electron chi connectivity index (χ2n) is 12.6. The van der Waals surface area contributed by atoms with Gasteiger partial charge in [-0.2, -0.15) is 10.4 Å². The smallest absolute Gasteiger partial charge is 0.257 e. The number of methoxy groups -OCH3 is 1. The molecule has 0 amide bonds. The summed E-state index contributed by atoms with van der Waals surface area (Å²) >= 11 is 0. The van der Waals surface area contributed by atoms with Gasteiger partial charge in [0.05, 0.1) is 43.2 Å². The predicted molar refractivity (Wildman–Crippen MR) is 178 cm³/mol. The minimum absolute atomic E-state index is 0.231. The van der Waals surface area contributed by atoms with Gasteiger partial charge in [-0.1, -0.05) is 6.07 Å². The summed E-state index contributed by atoms with van der Waals surface area (Å²) in [6, 6.07) is 8.51. The highest BCUT2D eigenvalue weighted by Crippen LogP contribution is 2.35.